The van der Waals surface area contributed by atoms with E-state index in [0.717, 1.165) is 5.75 Å². The molecule has 0 spiro atoms. The van der Waals surface area contributed by atoms with Gasteiger partial charge in [0.1, 0.15) is 5.84 Å². The van der Waals surface area contributed by atoms with E-state index >= 15 is 0 Å². The van der Waals surface area contributed by atoms with Crippen molar-refractivity contribution in [2.75, 3.05) is 5.75 Å². The third-order valence-electron chi connectivity index (χ3n) is 0.723. The number of nitrogens with one attached hydrogen (secondary N) is 1. The van der Waals surface area contributed by atoms with Crippen LogP contribution in [0.5, 0.6) is 0 Å². The summed E-state index contributed by atoms with van der Waals surface area (Å²) < 4.78 is 0. The minimum atomic E-state index is 0.343. The highest BCUT2D eigenvalue weighted by Crippen LogP contribution is 2.02. The molecule has 0 saturated heterocycles. The number of nitrogens with zero attached hydrogens (tertiary/aromatic N) is 1. The molecule has 0 saturated carbocycles. The first-order chi connectivity index (χ1) is 3.89. The zero-order valence-electron chi connectivity index (χ0n) is 4.29. The van der Waals surface area contributed by atoms with Crippen molar-refractivity contribution in [3.05, 3.63) is 11.5 Å². The van der Waals surface area contributed by atoms with Crippen molar-refractivity contribution in [2.24, 2.45) is 4.99 Å². The summed E-state index contributed by atoms with van der Waals surface area (Å²) in [6, 6.07) is 0. The summed E-state index contributed by atoms with van der Waals surface area (Å²) in [5.74, 6) is 1.23. The predicted molar refractivity (Wildman–Crippen MR) is 37.8 cm³/mol. The Kier molecular flexibility index (Phi) is 1.86. The minimum Gasteiger partial charge on any atom is -0.283 e. The second-order valence-electron chi connectivity index (χ2n) is 1.33. The van der Waals surface area contributed by atoms with Gasteiger partial charge in [-0.2, -0.15) is 0 Å². The molecule has 0 aromatic heterocycles. The third kappa shape index (κ3) is 1.50. The van der Waals surface area contributed by atoms with Gasteiger partial charge in [-0.3, -0.25) is 5.41 Å². The predicted octanol–water partition coefficient (Wildman–Crippen LogP) is 1.29. The van der Waals surface area contributed by atoms with Crippen molar-refractivity contribution in [3.8, 4) is 0 Å². The minimum absolute atomic E-state index is 0.343. The molecular formula is C5H6N2S. The summed E-state index contributed by atoms with van der Waals surface area (Å²) in [5, 5.41) is 8.91. The quantitative estimate of drug-likeness (QED) is 0.521. The lowest BCUT2D eigenvalue weighted by molar-refractivity contribution is 1.47. The van der Waals surface area contributed by atoms with Crippen LogP contribution in [-0.4, -0.2) is 17.8 Å². The van der Waals surface area contributed by atoms with E-state index in [4.69, 9.17) is 5.41 Å². The molecule has 1 N–H and O–H groups in total. The fourth-order valence-electron chi connectivity index (χ4n) is 0.390. The summed E-state index contributed by atoms with van der Waals surface area (Å²) in [6.45, 7) is 0. The SMILES string of the molecule is N=C1C=CSCC=N1. The molecule has 42 valence electrons. The molecule has 0 unspecified atom stereocenters. The van der Waals surface area contributed by atoms with E-state index in [-0.39, 0.29) is 0 Å². The van der Waals surface area contributed by atoms with Gasteiger partial charge in [-0.05, 0) is 11.5 Å². The molecule has 2 nitrogen and oxygen atoms in total. The van der Waals surface area contributed by atoms with Gasteiger partial charge < -0.3 is 0 Å². The maximum atomic E-state index is 7.03. The monoisotopic (exact) mass is 126 g/mol. The normalized spacial score (nSPS) is 18.8. The van der Waals surface area contributed by atoms with Gasteiger partial charge in [0.05, 0.1) is 0 Å². The average molecular weight is 126 g/mol. The highest BCUT2D eigenvalue weighted by molar-refractivity contribution is 8.02. The molecule has 8 heavy (non-hydrogen) atoms. The average Bonchev–Trinajstić information content (AvgIpc) is 1.94. The fourth-order valence-corrected chi connectivity index (χ4v) is 0.887. The van der Waals surface area contributed by atoms with E-state index in [0.29, 0.717) is 5.84 Å². The highest BCUT2D eigenvalue weighted by Gasteiger charge is 1.87. The first kappa shape index (κ1) is 5.56. The number of hydrogen-bond donors (Lipinski definition) is 1. The van der Waals surface area contributed by atoms with Gasteiger partial charge in [-0.15, -0.1) is 11.8 Å². The van der Waals surface area contributed by atoms with Gasteiger partial charge in [0.2, 0.25) is 0 Å². The maximum absolute atomic E-state index is 7.03. The van der Waals surface area contributed by atoms with E-state index < -0.39 is 0 Å². The molecule has 3 heteroatoms. The van der Waals surface area contributed by atoms with Gasteiger partial charge in [0, 0.05) is 12.0 Å². The highest BCUT2D eigenvalue weighted by atomic mass is 32.2. The number of aliphatic imine (C=N–C) groups is 1. The van der Waals surface area contributed by atoms with Crippen molar-refractivity contribution < 1.29 is 0 Å². The Hall–Kier alpha value is -0.570. The Balaban J connectivity index is 2.64. The first-order valence-corrected chi connectivity index (χ1v) is 3.34. The molecule has 1 rings (SSSR count). The van der Waals surface area contributed by atoms with Crippen molar-refractivity contribution in [1.29, 1.82) is 5.41 Å². The Bertz CT molecular complexity index is 133. The van der Waals surface area contributed by atoms with Crippen molar-refractivity contribution in [2.45, 2.75) is 0 Å². The largest absolute Gasteiger partial charge is 0.283 e. The van der Waals surface area contributed by atoms with E-state index in [1.54, 1.807) is 24.1 Å². The third-order valence-corrected chi connectivity index (χ3v) is 1.39. The zero-order chi connectivity index (χ0) is 5.82. The smallest absolute Gasteiger partial charge is 0.144 e. The molecule has 1 aliphatic rings. The Morgan fingerprint density at radius 2 is 2.62 bits per heavy atom. The van der Waals surface area contributed by atoms with E-state index in [2.05, 4.69) is 4.99 Å². The molecule has 1 aliphatic heterocycles. The van der Waals surface area contributed by atoms with Gasteiger partial charge in [0.15, 0.2) is 0 Å². The van der Waals surface area contributed by atoms with Crippen molar-refractivity contribution in [1.82, 2.24) is 0 Å². The number of amidine groups is 1. The van der Waals surface area contributed by atoms with Crippen LogP contribution >= 0.6 is 11.8 Å². The number of rotatable bonds is 0. The van der Waals surface area contributed by atoms with Crippen LogP contribution in [0.4, 0.5) is 0 Å². The van der Waals surface area contributed by atoms with Crippen LogP contribution in [0.15, 0.2) is 16.5 Å². The molecule has 0 atom stereocenters. The molecule has 0 aliphatic carbocycles. The molecule has 0 bridgehead atoms. The Morgan fingerprint density at radius 3 is 3.50 bits per heavy atom. The van der Waals surface area contributed by atoms with Crippen LogP contribution < -0.4 is 0 Å². The first-order valence-electron chi connectivity index (χ1n) is 2.29. The maximum Gasteiger partial charge on any atom is 0.144 e. The molecule has 0 radical (unpaired) electrons. The van der Waals surface area contributed by atoms with Crippen LogP contribution in [0.25, 0.3) is 0 Å². The molecular weight excluding hydrogens is 120 g/mol. The van der Waals surface area contributed by atoms with Crippen LogP contribution in [0.3, 0.4) is 0 Å². The molecule has 0 amide bonds. The van der Waals surface area contributed by atoms with Crippen LogP contribution in [0.1, 0.15) is 0 Å². The van der Waals surface area contributed by atoms with E-state index in [1.807, 2.05) is 5.41 Å². The van der Waals surface area contributed by atoms with Crippen LogP contribution in [-0.2, 0) is 0 Å². The lowest BCUT2D eigenvalue weighted by Crippen LogP contribution is -1.82. The molecule has 1 heterocycles. The van der Waals surface area contributed by atoms with Crippen LogP contribution in [0.2, 0.25) is 0 Å². The summed E-state index contributed by atoms with van der Waals surface area (Å²) in [5.41, 5.74) is 0. The number of hydrogen-bond acceptors (Lipinski definition) is 2. The zero-order valence-corrected chi connectivity index (χ0v) is 5.11. The van der Waals surface area contributed by atoms with E-state index in [1.165, 1.54) is 0 Å². The Morgan fingerprint density at radius 1 is 1.75 bits per heavy atom. The second kappa shape index (κ2) is 2.67. The van der Waals surface area contributed by atoms with Crippen molar-refractivity contribution in [3.63, 3.8) is 0 Å². The number of thioether (sulfide) groups is 1. The standard InChI is InChI=1S/C5H6N2S/c6-5-1-3-8-4-2-7-5/h1-3,6H,4H2. The molecule has 0 aromatic rings. The summed E-state index contributed by atoms with van der Waals surface area (Å²) in [6.07, 6.45) is 3.43. The van der Waals surface area contributed by atoms with Crippen LogP contribution in [0, 0.1) is 5.41 Å². The van der Waals surface area contributed by atoms with Gasteiger partial charge in [-0.1, -0.05) is 0 Å². The fraction of sp³-hybridized carbons (Fsp3) is 0.200. The topological polar surface area (TPSA) is 36.2 Å². The lowest BCUT2D eigenvalue weighted by Gasteiger charge is -1.77. The van der Waals surface area contributed by atoms with Gasteiger partial charge in [0.25, 0.3) is 0 Å². The second-order valence-corrected chi connectivity index (χ2v) is 2.27. The van der Waals surface area contributed by atoms with E-state index in [9.17, 15) is 0 Å². The summed E-state index contributed by atoms with van der Waals surface area (Å²) in [7, 11) is 0. The molecule has 0 aromatic carbocycles. The van der Waals surface area contributed by atoms with Gasteiger partial charge in [-0.25, -0.2) is 4.99 Å². The summed E-state index contributed by atoms with van der Waals surface area (Å²) in [4.78, 5) is 3.77. The lowest BCUT2D eigenvalue weighted by atomic mass is 10.6. The molecule has 0 fully saturated rings. The van der Waals surface area contributed by atoms with Crippen molar-refractivity contribution >= 4 is 23.8 Å². The Labute approximate surface area is 52.2 Å². The summed E-state index contributed by atoms with van der Waals surface area (Å²) >= 11 is 1.65. The van der Waals surface area contributed by atoms with Gasteiger partial charge >= 0.3 is 0 Å².